The highest BCUT2D eigenvalue weighted by Gasteiger charge is 2.21. The topological polar surface area (TPSA) is 58.7 Å². The quantitative estimate of drug-likeness (QED) is 0.775. The summed E-state index contributed by atoms with van der Waals surface area (Å²) in [6.45, 7) is 5.36. The monoisotopic (exact) mass is 250 g/mol. The van der Waals surface area contributed by atoms with Crippen molar-refractivity contribution in [1.82, 2.24) is 4.90 Å². The van der Waals surface area contributed by atoms with E-state index in [0.29, 0.717) is 24.6 Å². The van der Waals surface area contributed by atoms with Crippen molar-refractivity contribution in [3.8, 4) is 5.75 Å². The first kappa shape index (κ1) is 13.2. The molecule has 0 aliphatic carbocycles. The van der Waals surface area contributed by atoms with Crippen molar-refractivity contribution in [3.63, 3.8) is 0 Å². The van der Waals surface area contributed by atoms with Crippen LogP contribution in [0.5, 0.6) is 5.75 Å². The lowest BCUT2D eigenvalue weighted by Crippen LogP contribution is -2.34. The van der Waals surface area contributed by atoms with E-state index in [9.17, 15) is 5.11 Å². The summed E-state index contributed by atoms with van der Waals surface area (Å²) in [4.78, 5) is 2.28. The van der Waals surface area contributed by atoms with Crippen molar-refractivity contribution >= 4 is 5.69 Å². The molecule has 1 heterocycles. The lowest BCUT2D eigenvalue weighted by atomic mass is 10.2. The first-order valence-electron chi connectivity index (χ1n) is 6.53. The first-order chi connectivity index (χ1) is 8.65. The molecule has 4 nitrogen and oxygen atoms in total. The molecule has 3 N–H and O–H groups in total. The van der Waals surface area contributed by atoms with Crippen molar-refractivity contribution in [2.24, 2.45) is 5.92 Å². The summed E-state index contributed by atoms with van der Waals surface area (Å²) in [5, 5.41) is 9.94. The molecule has 2 atom stereocenters. The largest absolute Gasteiger partial charge is 0.489 e. The minimum absolute atomic E-state index is 0.291. The number of aliphatic hydroxyl groups excluding tert-OH is 1. The number of aliphatic hydroxyl groups is 1. The van der Waals surface area contributed by atoms with Gasteiger partial charge in [-0.15, -0.1) is 0 Å². The smallest absolute Gasteiger partial charge is 0.142 e. The average molecular weight is 250 g/mol. The van der Waals surface area contributed by atoms with Gasteiger partial charge < -0.3 is 20.5 Å². The predicted octanol–water partition coefficient (Wildman–Crippen LogP) is 1.35. The van der Waals surface area contributed by atoms with Gasteiger partial charge in [-0.1, -0.05) is 19.1 Å². The fourth-order valence-electron chi connectivity index (χ4n) is 2.34. The van der Waals surface area contributed by atoms with Gasteiger partial charge in [0.1, 0.15) is 18.5 Å². The Morgan fingerprint density at radius 2 is 2.28 bits per heavy atom. The minimum atomic E-state index is -0.463. The number of anilines is 1. The Balaban J connectivity index is 1.75. The molecule has 0 spiro atoms. The van der Waals surface area contributed by atoms with Crippen LogP contribution >= 0.6 is 0 Å². The molecule has 0 saturated carbocycles. The number of likely N-dealkylation sites (tertiary alicyclic amines) is 1. The van der Waals surface area contributed by atoms with Gasteiger partial charge in [0, 0.05) is 13.1 Å². The van der Waals surface area contributed by atoms with Crippen LogP contribution in [0.15, 0.2) is 24.3 Å². The second-order valence-corrected chi connectivity index (χ2v) is 5.16. The van der Waals surface area contributed by atoms with Gasteiger partial charge in [-0.25, -0.2) is 0 Å². The maximum Gasteiger partial charge on any atom is 0.142 e. The highest BCUT2D eigenvalue weighted by molar-refractivity contribution is 5.51. The molecule has 4 heteroatoms. The van der Waals surface area contributed by atoms with E-state index in [4.69, 9.17) is 10.5 Å². The fraction of sp³-hybridized carbons (Fsp3) is 0.571. The Morgan fingerprint density at radius 3 is 2.94 bits per heavy atom. The number of para-hydroxylation sites is 2. The van der Waals surface area contributed by atoms with Crippen molar-refractivity contribution in [3.05, 3.63) is 24.3 Å². The number of nitrogens with two attached hydrogens (primary N) is 1. The SMILES string of the molecule is CC1CCN(CC(O)COc2ccccc2N)C1. The van der Waals surface area contributed by atoms with E-state index in [1.807, 2.05) is 18.2 Å². The highest BCUT2D eigenvalue weighted by Crippen LogP contribution is 2.20. The Labute approximate surface area is 108 Å². The Kier molecular flexibility index (Phi) is 4.44. The number of nitrogens with zero attached hydrogens (tertiary/aromatic N) is 1. The van der Waals surface area contributed by atoms with Crippen molar-refractivity contribution < 1.29 is 9.84 Å². The van der Waals surface area contributed by atoms with E-state index in [1.54, 1.807) is 6.07 Å². The number of ether oxygens (including phenoxy) is 1. The molecule has 2 unspecified atom stereocenters. The van der Waals surface area contributed by atoms with Crippen LogP contribution in [-0.2, 0) is 0 Å². The highest BCUT2D eigenvalue weighted by atomic mass is 16.5. The first-order valence-corrected chi connectivity index (χ1v) is 6.53. The third-order valence-corrected chi connectivity index (χ3v) is 3.33. The van der Waals surface area contributed by atoms with Gasteiger partial charge in [-0.3, -0.25) is 0 Å². The molecular weight excluding hydrogens is 228 g/mol. The molecule has 1 aromatic rings. The summed E-state index contributed by atoms with van der Waals surface area (Å²) in [7, 11) is 0. The van der Waals surface area contributed by atoms with E-state index < -0.39 is 6.10 Å². The van der Waals surface area contributed by atoms with Crippen LogP contribution in [0.3, 0.4) is 0 Å². The molecule has 0 bridgehead atoms. The summed E-state index contributed by atoms with van der Waals surface area (Å²) in [6.07, 6.45) is 0.758. The molecule has 1 aliphatic rings. The predicted molar refractivity (Wildman–Crippen MR) is 72.6 cm³/mol. The molecule has 1 aliphatic heterocycles. The minimum Gasteiger partial charge on any atom is -0.489 e. The van der Waals surface area contributed by atoms with E-state index in [2.05, 4.69) is 11.8 Å². The van der Waals surface area contributed by atoms with Gasteiger partial charge in [-0.2, -0.15) is 0 Å². The van der Waals surface area contributed by atoms with Gasteiger partial charge in [0.25, 0.3) is 0 Å². The zero-order valence-electron chi connectivity index (χ0n) is 10.9. The third kappa shape index (κ3) is 3.62. The van der Waals surface area contributed by atoms with E-state index in [0.717, 1.165) is 19.0 Å². The van der Waals surface area contributed by atoms with E-state index in [-0.39, 0.29) is 0 Å². The maximum atomic E-state index is 9.94. The van der Waals surface area contributed by atoms with Crippen molar-refractivity contribution in [2.75, 3.05) is 32.0 Å². The summed E-state index contributed by atoms with van der Waals surface area (Å²) in [5.41, 5.74) is 6.38. The lowest BCUT2D eigenvalue weighted by Gasteiger charge is -2.20. The molecule has 100 valence electrons. The van der Waals surface area contributed by atoms with Crippen LogP contribution in [0.4, 0.5) is 5.69 Å². The lowest BCUT2D eigenvalue weighted by molar-refractivity contribution is 0.0752. The number of rotatable bonds is 5. The Hall–Kier alpha value is -1.26. The Bertz CT molecular complexity index is 384. The molecule has 18 heavy (non-hydrogen) atoms. The third-order valence-electron chi connectivity index (χ3n) is 3.33. The fourth-order valence-corrected chi connectivity index (χ4v) is 2.34. The summed E-state index contributed by atoms with van der Waals surface area (Å²) in [6, 6.07) is 7.36. The van der Waals surface area contributed by atoms with Gasteiger partial charge in [0.05, 0.1) is 5.69 Å². The van der Waals surface area contributed by atoms with Crippen molar-refractivity contribution in [2.45, 2.75) is 19.4 Å². The molecular formula is C14H22N2O2. The molecule has 0 aromatic heterocycles. The zero-order chi connectivity index (χ0) is 13.0. The van der Waals surface area contributed by atoms with Crippen LogP contribution in [-0.4, -0.2) is 42.4 Å². The van der Waals surface area contributed by atoms with Gasteiger partial charge in [-0.05, 0) is 31.0 Å². The normalized spacial score (nSPS) is 22.0. The van der Waals surface area contributed by atoms with Crippen LogP contribution in [0.25, 0.3) is 0 Å². The number of hydrogen-bond acceptors (Lipinski definition) is 4. The summed E-state index contributed by atoms with van der Waals surface area (Å²) < 4.78 is 5.53. The molecule has 1 aromatic carbocycles. The van der Waals surface area contributed by atoms with Crippen LogP contribution < -0.4 is 10.5 Å². The summed E-state index contributed by atoms with van der Waals surface area (Å²) >= 11 is 0. The zero-order valence-corrected chi connectivity index (χ0v) is 10.9. The maximum absolute atomic E-state index is 9.94. The molecule has 0 amide bonds. The van der Waals surface area contributed by atoms with Gasteiger partial charge >= 0.3 is 0 Å². The summed E-state index contributed by atoms with van der Waals surface area (Å²) in [5.74, 6) is 1.38. The molecule has 1 saturated heterocycles. The molecule has 1 fully saturated rings. The average Bonchev–Trinajstić information content (AvgIpc) is 2.74. The second kappa shape index (κ2) is 6.07. The van der Waals surface area contributed by atoms with Crippen LogP contribution in [0, 0.1) is 5.92 Å². The van der Waals surface area contributed by atoms with Gasteiger partial charge in [0.15, 0.2) is 0 Å². The van der Waals surface area contributed by atoms with E-state index in [1.165, 1.54) is 6.42 Å². The van der Waals surface area contributed by atoms with Crippen LogP contribution in [0.2, 0.25) is 0 Å². The second-order valence-electron chi connectivity index (χ2n) is 5.16. The number of hydrogen-bond donors (Lipinski definition) is 2. The molecule has 2 rings (SSSR count). The van der Waals surface area contributed by atoms with Gasteiger partial charge in [0.2, 0.25) is 0 Å². The Morgan fingerprint density at radius 1 is 1.50 bits per heavy atom. The molecule has 0 radical (unpaired) electrons. The van der Waals surface area contributed by atoms with Crippen LogP contribution in [0.1, 0.15) is 13.3 Å². The number of benzene rings is 1. The van der Waals surface area contributed by atoms with E-state index >= 15 is 0 Å². The standard InChI is InChI=1S/C14H22N2O2/c1-11-6-7-16(8-11)9-12(17)10-18-14-5-3-2-4-13(14)15/h2-5,11-12,17H,6-10,15H2,1H3. The number of nitrogen functional groups attached to an aromatic ring is 1. The van der Waals surface area contributed by atoms with Crippen molar-refractivity contribution in [1.29, 1.82) is 0 Å². The number of β-amino-alcohol motifs (C(OH)–C–C–N with tert-alkyl or cyclic N) is 1.